The number of benzene rings is 4. The highest BCUT2D eigenvalue weighted by Crippen LogP contribution is 2.18. The summed E-state index contributed by atoms with van der Waals surface area (Å²) < 4.78 is 8.09. The molecule has 0 aliphatic carbocycles. The minimum atomic E-state index is -0.572. The van der Waals surface area contributed by atoms with Gasteiger partial charge >= 0.3 is 0 Å². The predicted octanol–water partition coefficient (Wildman–Crippen LogP) is 5.55. The molecule has 5 rings (SSSR count). The summed E-state index contributed by atoms with van der Waals surface area (Å²) in [5, 5.41) is 13.1. The van der Waals surface area contributed by atoms with E-state index in [1.54, 1.807) is 6.08 Å². The molecular weight excluding hydrogens is 542 g/mol. The molecule has 0 bridgehead atoms. The number of amides is 1. The second-order valence-electron chi connectivity index (χ2n) is 9.95. The zero-order valence-electron chi connectivity index (χ0n) is 23.5. The Kier molecular flexibility index (Phi) is 8.47. The number of thiazole rings is 1. The lowest BCUT2D eigenvalue weighted by molar-refractivity contribution is -0.111. The van der Waals surface area contributed by atoms with E-state index < -0.39 is 5.91 Å². The van der Waals surface area contributed by atoms with Gasteiger partial charge in [-0.2, -0.15) is 5.26 Å². The number of anilines is 1. The molecule has 1 amide bonds. The van der Waals surface area contributed by atoms with E-state index >= 15 is 0 Å². The summed E-state index contributed by atoms with van der Waals surface area (Å²) in [6.45, 7) is 6.13. The van der Waals surface area contributed by atoms with Gasteiger partial charge in [0.05, 0.1) is 10.2 Å². The van der Waals surface area contributed by atoms with Gasteiger partial charge in [0.25, 0.3) is 11.5 Å². The van der Waals surface area contributed by atoms with Crippen molar-refractivity contribution < 1.29 is 9.53 Å². The Morgan fingerprint density at radius 3 is 2.45 bits per heavy atom. The number of carbonyl (C=O) groups excluding carboxylic acids is 1. The topological polar surface area (TPSA) is 84.1 Å². The molecule has 0 radical (unpaired) electrons. The fraction of sp³-hybridized carbons (Fsp3) is 0.114. The summed E-state index contributed by atoms with van der Waals surface area (Å²) in [5.74, 6) is 0.0958. The van der Waals surface area contributed by atoms with E-state index in [9.17, 15) is 14.9 Å². The van der Waals surface area contributed by atoms with E-state index in [4.69, 9.17) is 4.74 Å². The lowest BCUT2D eigenvalue weighted by Gasteiger charge is -2.10. The number of ether oxygens (including phenoxy) is 1. The van der Waals surface area contributed by atoms with Crippen LogP contribution in [-0.2, 0) is 11.4 Å². The molecule has 0 spiro atoms. The summed E-state index contributed by atoms with van der Waals surface area (Å²) in [5.41, 5.74) is 5.29. The van der Waals surface area contributed by atoms with E-state index in [-0.39, 0.29) is 15.8 Å². The van der Waals surface area contributed by atoms with E-state index in [0.29, 0.717) is 28.3 Å². The number of nitriles is 1. The molecule has 0 atom stereocenters. The number of nitrogens with zero attached hydrogens (tertiary/aromatic N) is 2. The largest absolute Gasteiger partial charge is 0.489 e. The van der Waals surface area contributed by atoms with Crippen LogP contribution in [0.15, 0.2) is 102 Å². The molecule has 1 aromatic heterocycles. The van der Waals surface area contributed by atoms with Crippen LogP contribution in [-0.4, -0.2) is 10.5 Å². The van der Waals surface area contributed by atoms with Gasteiger partial charge in [0, 0.05) is 5.69 Å². The van der Waals surface area contributed by atoms with Crippen LogP contribution in [0.4, 0.5) is 5.69 Å². The van der Waals surface area contributed by atoms with E-state index in [2.05, 4.69) is 11.4 Å². The molecule has 1 heterocycles. The highest BCUT2D eigenvalue weighted by molar-refractivity contribution is 7.07. The van der Waals surface area contributed by atoms with Crippen LogP contribution in [0.5, 0.6) is 5.75 Å². The van der Waals surface area contributed by atoms with Crippen molar-refractivity contribution in [1.29, 1.82) is 5.26 Å². The normalized spacial score (nSPS) is 12.0. The molecule has 0 aliphatic rings. The van der Waals surface area contributed by atoms with Crippen molar-refractivity contribution in [3.8, 4) is 17.5 Å². The highest BCUT2D eigenvalue weighted by Gasteiger charge is 2.18. The Hall–Kier alpha value is -5.19. The lowest BCUT2D eigenvalue weighted by Crippen LogP contribution is -2.32. The smallest absolute Gasteiger partial charge is 0.273 e. The van der Waals surface area contributed by atoms with Crippen molar-refractivity contribution in [2.75, 3.05) is 5.32 Å². The van der Waals surface area contributed by atoms with Crippen LogP contribution < -0.4 is 24.8 Å². The maximum absolute atomic E-state index is 13.9. The molecule has 0 saturated heterocycles. The summed E-state index contributed by atoms with van der Waals surface area (Å²) in [6.07, 6.45) is 1.76. The van der Waals surface area contributed by atoms with Gasteiger partial charge in [0.1, 0.15) is 23.1 Å². The molecule has 5 aromatic rings. The third-order valence-corrected chi connectivity index (χ3v) is 7.87. The van der Waals surface area contributed by atoms with Crippen molar-refractivity contribution in [3.63, 3.8) is 0 Å². The van der Waals surface area contributed by atoms with Crippen molar-refractivity contribution in [2.45, 2.75) is 27.4 Å². The van der Waals surface area contributed by atoms with E-state index in [1.807, 2.05) is 118 Å². The van der Waals surface area contributed by atoms with Gasteiger partial charge in [-0.3, -0.25) is 14.2 Å². The van der Waals surface area contributed by atoms with Crippen molar-refractivity contribution in [1.82, 2.24) is 4.57 Å². The zero-order valence-corrected chi connectivity index (χ0v) is 24.4. The van der Waals surface area contributed by atoms with Gasteiger partial charge < -0.3 is 10.1 Å². The van der Waals surface area contributed by atoms with Gasteiger partial charge in [-0.1, -0.05) is 72.8 Å². The number of para-hydroxylation sites is 1. The minimum Gasteiger partial charge on any atom is -0.489 e. The Morgan fingerprint density at radius 1 is 0.929 bits per heavy atom. The van der Waals surface area contributed by atoms with Crippen LogP contribution in [0.1, 0.15) is 27.8 Å². The average molecular weight is 572 g/mol. The maximum Gasteiger partial charge on any atom is 0.273 e. The Labute approximate surface area is 248 Å². The summed E-state index contributed by atoms with van der Waals surface area (Å²) in [6, 6.07) is 32.6. The predicted molar refractivity (Wildman–Crippen MR) is 168 cm³/mol. The number of nitrogens with one attached hydrogen (secondary N) is 1. The Morgan fingerprint density at radius 2 is 1.69 bits per heavy atom. The zero-order chi connectivity index (χ0) is 29.6. The van der Waals surface area contributed by atoms with Crippen LogP contribution in [0.3, 0.4) is 0 Å². The van der Waals surface area contributed by atoms with Gasteiger partial charge in [-0.05, 0) is 78.9 Å². The lowest BCUT2D eigenvalue weighted by atomic mass is 10.1. The molecule has 0 fully saturated rings. The minimum absolute atomic E-state index is 0.138. The molecule has 1 N–H and O–H groups in total. The maximum atomic E-state index is 13.9. The highest BCUT2D eigenvalue weighted by atomic mass is 32.1. The molecule has 0 saturated carbocycles. The number of aryl methyl sites for hydroxylation is 3. The van der Waals surface area contributed by atoms with Crippen molar-refractivity contribution >= 4 is 34.6 Å². The van der Waals surface area contributed by atoms with Gasteiger partial charge in [0.2, 0.25) is 0 Å². The Bertz CT molecular complexity index is 2000. The first kappa shape index (κ1) is 28.3. The average Bonchev–Trinajstić information content (AvgIpc) is 3.30. The third-order valence-electron chi connectivity index (χ3n) is 6.78. The van der Waals surface area contributed by atoms with E-state index in [1.165, 1.54) is 4.57 Å². The van der Waals surface area contributed by atoms with Crippen molar-refractivity contribution in [2.24, 2.45) is 0 Å². The molecule has 7 heteroatoms. The molecular formula is C35H29N3O3S. The van der Waals surface area contributed by atoms with Gasteiger partial charge in [0.15, 0.2) is 5.57 Å². The van der Waals surface area contributed by atoms with Crippen LogP contribution in [0, 0.1) is 32.1 Å². The first-order chi connectivity index (χ1) is 20.3. The molecule has 208 valence electrons. The van der Waals surface area contributed by atoms with Crippen LogP contribution in [0.25, 0.3) is 17.3 Å². The second kappa shape index (κ2) is 12.5. The quantitative estimate of drug-likeness (QED) is 0.278. The van der Waals surface area contributed by atoms with E-state index in [0.717, 1.165) is 39.2 Å². The summed E-state index contributed by atoms with van der Waals surface area (Å²) >= 11 is 1.11. The van der Waals surface area contributed by atoms with Crippen LogP contribution in [0.2, 0.25) is 0 Å². The molecule has 42 heavy (non-hydrogen) atoms. The fourth-order valence-corrected chi connectivity index (χ4v) is 5.62. The fourth-order valence-electron chi connectivity index (χ4n) is 4.52. The summed E-state index contributed by atoms with van der Waals surface area (Å²) in [7, 11) is 0. The number of aromatic nitrogens is 1. The third kappa shape index (κ3) is 6.25. The SMILES string of the molecule is Cc1ccc(C)c(NC(=O)C(C#N)=c2sc(=Cc3cccc(OCc4ccccc4)c3)c(=O)n2-c2ccccc2C)c1. The molecule has 0 aliphatic heterocycles. The Balaban J connectivity index is 1.62. The number of hydrogen-bond acceptors (Lipinski definition) is 5. The summed E-state index contributed by atoms with van der Waals surface area (Å²) in [4.78, 5) is 27.4. The molecule has 4 aromatic carbocycles. The van der Waals surface area contributed by atoms with Gasteiger partial charge in [-0.25, -0.2) is 0 Å². The van der Waals surface area contributed by atoms with Crippen LogP contribution >= 0.6 is 11.3 Å². The second-order valence-corrected chi connectivity index (χ2v) is 11.0. The number of hydrogen-bond donors (Lipinski definition) is 1. The van der Waals surface area contributed by atoms with Crippen molar-refractivity contribution in [3.05, 3.63) is 144 Å². The monoisotopic (exact) mass is 571 g/mol. The number of carbonyl (C=O) groups is 1. The van der Waals surface area contributed by atoms with Gasteiger partial charge in [-0.15, -0.1) is 11.3 Å². The molecule has 0 unspecified atom stereocenters. The first-order valence-electron chi connectivity index (χ1n) is 13.4. The standard InChI is InChI=1S/C35H29N3O3S/c1-23-16-17-24(2)30(18-23)37-33(39)29(21-36)35-38(31-15-8-7-10-25(31)3)34(40)32(42-35)20-27-13-9-14-28(19-27)41-22-26-11-5-4-6-12-26/h4-20H,22H2,1-3H3,(H,37,39). The molecule has 6 nitrogen and oxygen atoms in total. The first-order valence-corrected chi connectivity index (χ1v) is 14.2. The number of rotatable bonds is 7.